The predicted molar refractivity (Wildman–Crippen MR) is 100 cm³/mol. The second kappa shape index (κ2) is 5.70. The van der Waals surface area contributed by atoms with Gasteiger partial charge in [0.1, 0.15) is 0 Å². The van der Waals surface area contributed by atoms with Crippen LogP contribution in [0.15, 0.2) is 23.8 Å². The molecule has 0 saturated carbocycles. The van der Waals surface area contributed by atoms with Gasteiger partial charge in [0.05, 0.1) is 6.10 Å². The first kappa shape index (κ1) is 18.7. The van der Waals surface area contributed by atoms with E-state index in [4.69, 9.17) is 4.43 Å². The molecule has 23 heavy (non-hydrogen) atoms. The first-order valence-corrected chi connectivity index (χ1v) is 11.8. The number of carbonyl (C=O) groups excluding carboxylic acids is 1. The molecule has 0 heterocycles. The summed E-state index contributed by atoms with van der Waals surface area (Å²) in [7, 11) is -1.77. The second-order valence-corrected chi connectivity index (χ2v) is 14.4. The van der Waals surface area contributed by atoms with Crippen molar-refractivity contribution in [3.63, 3.8) is 0 Å². The molecule has 1 unspecified atom stereocenters. The Balaban J connectivity index is 2.32. The Morgan fingerprint density at radius 3 is 2.30 bits per heavy atom. The van der Waals surface area contributed by atoms with E-state index in [2.05, 4.69) is 66.8 Å². The van der Waals surface area contributed by atoms with Crippen molar-refractivity contribution in [2.45, 2.75) is 85.0 Å². The Hall–Kier alpha value is -0.673. The normalized spacial score (nSPS) is 31.4. The lowest BCUT2D eigenvalue weighted by atomic mass is 9.53. The molecule has 2 nitrogen and oxygen atoms in total. The third-order valence-corrected chi connectivity index (χ3v) is 11.1. The van der Waals surface area contributed by atoms with Crippen LogP contribution in [0.4, 0.5) is 0 Å². The summed E-state index contributed by atoms with van der Waals surface area (Å²) in [6.45, 7) is 18.4. The highest BCUT2D eigenvalue weighted by Crippen LogP contribution is 2.56. The molecule has 2 aliphatic carbocycles. The molecule has 0 aromatic heterocycles. The molecule has 2 aliphatic rings. The number of allylic oxidation sites excluding steroid dienone is 3. The summed E-state index contributed by atoms with van der Waals surface area (Å²) >= 11 is 0. The highest BCUT2D eigenvalue weighted by atomic mass is 28.4. The van der Waals surface area contributed by atoms with Gasteiger partial charge >= 0.3 is 0 Å². The van der Waals surface area contributed by atoms with Gasteiger partial charge in [-0.3, -0.25) is 4.79 Å². The van der Waals surface area contributed by atoms with Crippen molar-refractivity contribution in [3.05, 3.63) is 23.8 Å². The zero-order valence-corrected chi connectivity index (χ0v) is 17.2. The van der Waals surface area contributed by atoms with Gasteiger partial charge in [-0.1, -0.05) is 52.3 Å². The quantitative estimate of drug-likeness (QED) is 0.481. The molecule has 0 aromatic rings. The first-order valence-electron chi connectivity index (χ1n) is 8.90. The minimum Gasteiger partial charge on any atom is -0.411 e. The van der Waals surface area contributed by atoms with Crippen molar-refractivity contribution >= 4 is 14.1 Å². The standard InChI is InChI=1S/C20H34O2Si/c1-15-13-17(22-23(7,8)18(2,3)4)14-19(5,6)20(15)11-9-16(21)10-12-20/h9,11,13,17H,10,12,14H2,1-8H3/t17?,20-/m1/s1. The summed E-state index contributed by atoms with van der Waals surface area (Å²) in [4.78, 5) is 11.6. The zero-order chi connectivity index (χ0) is 17.7. The molecule has 0 fully saturated rings. The molecule has 0 bridgehead atoms. The topological polar surface area (TPSA) is 26.3 Å². The fraction of sp³-hybridized carbons (Fsp3) is 0.750. The Bertz CT molecular complexity index is 548. The van der Waals surface area contributed by atoms with Crippen LogP contribution in [0.25, 0.3) is 0 Å². The van der Waals surface area contributed by atoms with E-state index >= 15 is 0 Å². The fourth-order valence-electron chi connectivity index (χ4n) is 3.95. The van der Waals surface area contributed by atoms with Gasteiger partial charge in [-0.25, -0.2) is 0 Å². The number of ketones is 1. The summed E-state index contributed by atoms with van der Waals surface area (Å²) in [6, 6.07) is 0. The average Bonchev–Trinajstić information content (AvgIpc) is 2.35. The van der Waals surface area contributed by atoms with E-state index in [0.717, 1.165) is 12.8 Å². The Morgan fingerprint density at radius 1 is 1.26 bits per heavy atom. The van der Waals surface area contributed by atoms with Gasteiger partial charge in [0.25, 0.3) is 0 Å². The van der Waals surface area contributed by atoms with Crippen LogP contribution in [0.3, 0.4) is 0 Å². The van der Waals surface area contributed by atoms with Crippen molar-refractivity contribution in [2.75, 3.05) is 0 Å². The van der Waals surface area contributed by atoms with Crippen LogP contribution in [0, 0.1) is 10.8 Å². The van der Waals surface area contributed by atoms with Gasteiger partial charge in [0, 0.05) is 11.8 Å². The van der Waals surface area contributed by atoms with Gasteiger partial charge in [0.2, 0.25) is 0 Å². The molecule has 3 heteroatoms. The number of carbonyl (C=O) groups is 1. The average molecular weight is 335 g/mol. The van der Waals surface area contributed by atoms with Gasteiger partial charge in [0.15, 0.2) is 14.1 Å². The van der Waals surface area contributed by atoms with Crippen LogP contribution < -0.4 is 0 Å². The maximum atomic E-state index is 11.6. The smallest absolute Gasteiger partial charge is 0.192 e. The van der Waals surface area contributed by atoms with Crippen molar-refractivity contribution in [2.24, 2.45) is 10.8 Å². The van der Waals surface area contributed by atoms with E-state index in [1.807, 2.05) is 0 Å². The number of hydrogen-bond donors (Lipinski definition) is 0. The molecule has 0 saturated heterocycles. The van der Waals surface area contributed by atoms with E-state index < -0.39 is 8.32 Å². The molecule has 2 rings (SSSR count). The SMILES string of the molecule is CC1=CC(O[Si](C)(C)C(C)(C)C)CC(C)(C)[C@@]12C=CC(=O)CC2. The van der Waals surface area contributed by atoms with Crippen molar-refractivity contribution in [1.29, 1.82) is 0 Å². The summed E-state index contributed by atoms with van der Waals surface area (Å²) in [5.74, 6) is 0.263. The summed E-state index contributed by atoms with van der Waals surface area (Å²) < 4.78 is 6.68. The molecular formula is C20H34O2Si. The molecule has 0 N–H and O–H groups in total. The van der Waals surface area contributed by atoms with Crippen LogP contribution in [0.5, 0.6) is 0 Å². The molecule has 0 radical (unpaired) electrons. The molecule has 0 aromatic carbocycles. The Kier molecular flexibility index (Phi) is 4.62. The van der Waals surface area contributed by atoms with E-state index in [1.54, 1.807) is 6.08 Å². The minimum atomic E-state index is -1.77. The maximum absolute atomic E-state index is 11.6. The first-order chi connectivity index (χ1) is 10.3. The monoisotopic (exact) mass is 334 g/mol. The maximum Gasteiger partial charge on any atom is 0.192 e. The highest BCUT2D eigenvalue weighted by molar-refractivity contribution is 6.74. The van der Waals surface area contributed by atoms with Crippen LogP contribution >= 0.6 is 0 Å². The minimum absolute atomic E-state index is 0.0220. The molecule has 2 atom stereocenters. The largest absolute Gasteiger partial charge is 0.411 e. The Morgan fingerprint density at radius 2 is 1.87 bits per heavy atom. The summed E-state index contributed by atoms with van der Waals surface area (Å²) in [5.41, 5.74) is 1.51. The van der Waals surface area contributed by atoms with Crippen LogP contribution in [-0.4, -0.2) is 20.2 Å². The molecule has 0 amide bonds. The van der Waals surface area contributed by atoms with Crippen LogP contribution in [-0.2, 0) is 9.22 Å². The van der Waals surface area contributed by atoms with Gasteiger partial charge in [-0.05, 0) is 49.4 Å². The van der Waals surface area contributed by atoms with E-state index in [-0.39, 0.29) is 27.8 Å². The third kappa shape index (κ3) is 3.27. The van der Waals surface area contributed by atoms with Gasteiger partial charge in [-0.2, -0.15) is 0 Å². The van der Waals surface area contributed by atoms with Gasteiger partial charge in [-0.15, -0.1) is 0 Å². The summed E-state index contributed by atoms with van der Waals surface area (Å²) in [6.07, 6.45) is 9.14. The van der Waals surface area contributed by atoms with Crippen LogP contribution in [0.2, 0.25) is 18.1 Å². The van der Waals surface area contributed by atoms with E-state index in [1.165, 1.54) is 5.57 Å². The van der Waals surface area contributed by atoms with E-state index in [0.29, 0.717) is 6.42 Å². The molecular weight excluding hydrogens is 300 g/mol. The Labute approximate surface area is 143 Å². The lowest BCUT2D eigenvalue weighted by Crippen LogP contribution is -2.49. The molecule has 130 valence electrons. The fourth-order valence-corrected chi connectivity index (χ4v) is 5.21. The van der Waals surface area contributed by atoms with Gasteiger partial charge < -0.3 is 4.43 Å². The highest BCUT2D eigenvalue weighted by Gasteiger charge is 2.50. The summed E-state index contributed by atoms with van der Waals surface area (Å²) in [5, 5.41) is 0.227. The van der Waals surface area contributed by atoms with Crippen molar-refractivity contribution in [1.82, 2.24) is 0 Å². The second-order valence-electron chi connectivity index (χ2n) is 9.63. The molecule has 0 aliphatic heterocycles. The van der Waals surface area contributed by atoms with E-state index in [9.17, 15) is 4.79 Å². The van der Waals surface area contributed by atoms with Crippen molar-refractivity contribution < 1.29 is 9.22 Å². The van der Waals surface area contributed by atoms with Crippen molar-refractivity contribution in [3.8, 4) is 0 Å². The number of hydrogen-bond acceptors (Lipinski definition) is 2. The molecule has 1 spiro atoms. The number of rotatable bonds is 2. The third-order valence-electron chi connectivity index (χ3n) is 6.63. The van der Waals surface area contributed by atoms with Crippen LogP contribution in [0.1, 0.15) is 60.8 Å². The lowest BCUT2D eigenvalue weighted by Gasteiger charge is -2.53. The zero-order valence-electron chi connectivity index (χ0n) is 16.2. The predicted octanol–water partition coefficient (Wildman–Crippen LogP) is 5.66. The lowest BCUT2D eigenvalue weighted by molar-refractivity contribution is -0.116.